The first kappa shape index (κ1) is 21.4. The van der Waals surface area contributed by atoms with Gasteiger partial charge in [0.05, 0.1) is 30.5 Å². The first-order valence-corrected chi connectivity index (χ1v) is 11.0. The van der Waals surface area contributed by atoms with E-state index in [0.717, 1.165) is 33.8 Å². The van der Waals surface area contributed by atoms with Crippen LogP contribution in [-0.4, -0.2) is 35.0 Å². The van der Waals surface area contributed by atoms with E-state index >= 15 is 0 Å². The van der Waals surface area contributed by atoms with Crippen molar-refractivity contribution in [2.75, 3.05) is 12.9 Å². The number of hydrogen-bond donors (Lipinski definition) is 2. The molecule has 6 nitrogen and oxygen atoms in total. The second-order valence-corrected chi connectivity index (χ2v) is 7.82. The number of benzene rings is 3. The van der Waals surface area contributed by atoms with Crippen LogP contribution in [-0.2, 0) is 4.79 Å². The smallest absolute Gasteiger partial charge is 0.250 e. The van der Waals surface area contributed by atoms with E-state index in [1.807, 2.05) is 84.9 Å². The summed E-state index contributed by atoms with van der Waals surface area (Å²) in [5.41, 5.74) is 7.26. The Kier molecular flexibility index (Phi) is 6.99. The molecule has 0 spiro atoms. The lowest BCUT2D eigenvalue weighted by Gasteiger charge is -2.02. The van der Waals surface area contributed by atoms with Crippen molar-refractivity contribution in [1.82, 2.24) is 15.4 Å². The minimum absolute atomic E-state index is 0.190. The summed E-state index contributed by atoms with van der Waals surface area (Å²) < 4.78 is 5.13. The highest BCUT2D eigenvalue weighted by Gasteiger charge is 2.15. The van der Waals surface area contributed by atoms with Crippen molar-refractivity contribution >= 4 is 23.9 Å². The molecule has 0 saturated heterocycles. The maximum Gasteiger partial charge on any atom is 0.250 e. The van der Waals surface area contributed by atoms with E-state index in [1.54, 1.807) is 13.3 Å². The van der Waals surface area contributed by atoms with Crippen LogP contribution in [0.5, 0.6) is 5.75 Å². The summed E-state index contributed by atoms with van der Waals surface area (Å²) in [4.78, 5) is 20.3. The first-order valence-electron chi connectivity index (χ1n) is 10.0. The Hall–Kier alpha value is -3.84. The number of aromatic amines is 1. The van der Waals surface area contributed by atoms with Crippen LogP contribution in [0, 0.1) is 0 Å². The van der Waals surface area contributed by atoms with E-state index in [0.29, 0.717) is 5.16 Å². The summed E-state index contributed by atoms with van der Waals surface area (Å²) in [6.45, 7) is 0. The summed E-state index contributed by atoms with van der Waals surface area (Å²) in [5, 5.41) is 4.70. The Morgan fingerprint density at radius 3 is 2.31 bits per heavy atom. The summed E-state index contributed by atoms with van der Waals surface area (Å²) in [7, 11) is 1.62. The molecule has 0 aliphatic heterocycles. The molecule has 0 unspecified atom stereocenters. The Morgan fingerprint density at radius 1 is 1.00 bits per heavy atom. The Labute approximate surface area is 190 Å². The fourth-order valence-electron chi connectivity index (χ4n) is 3.07. The molecule has 0 radical (unpaired) electrons. The second-order valence-electron chi connectivity index (χ2n) is 6.85. The number of hydrazone groups is 1. The van der Waals surface area contributed by atoms with Crippen molar-refractivity contribution in [1.29, 1.82) is 0 Å². The lowest BCUT2D eigenvalue weighted by atomic mass is 10.1. The number of thioether (sulfide) groups is 1. The molecule has 1 heterocycles. The Bertz CT molecular complexity index is 1130. The van der Waals surface area contributed by atoms with Crippen LogP contribution in [0.4, 0.5) is 0 Å². The number of H-pyrrole nitrogens is 1. The number of ether oxygens (including phenoxy) is 1. The molecule has 1 amide bonds. The van der Waals surface area contributed by atoms with Gasteiger partial charge in [0, 0.05) is 11.1 Å². The summed E-state index contributed by atoms with van der Waals surface area (Å²) in [6, 6.07) is 27.4. The highest BCUT2D eigenvalue weighted by Crippen LogP contribution is 2.32. The molecule has 0 saturated carbocycles. The van der Waals surface area contributed by atoms with E-state index < -0.39 is 0 Å². The van der Waals surface area contributed by atoms with E-state index in [9.17, 15) is 4.79 Å². The van der Waals surface area contributed by atoms with Crippen molar-refractivity contribution in [3.63, 3.8) is 0 Å². The summed E-state index contributed by atoms with van der Waals surface area (Å²) in [6.07, 6.45) is 1.59. The van der Waals surface area contributed by atoms with Crippen LogP contribution >= 0.6 is 11.8 Å². The van der Waals surface area contributed by atoms with Crippen LogP contribution in [0.15, 0.2) is 95.2 Å². The van der Waals surface area contributed by atoms with Crippen molar-refractivity contribution in [2.24, 2.45) is 5.10 Å². The standard InChI is InChI=1S/C25H22N4O2S/c1-31-21-14-12-18(13-15-21)16-26-29-22(30)17-32-25-27-23(19-8-4-2-5-9-19)24(28-25)20-10-6-3-7-11-20/h2-16H,17H2,1H3,(H,27,28)(H,29,30)/b26-16+. The van der Waals surface area contributed by atoms with E-state index in [1.165, 1.54) is 11.8 Å². The number of nitrogens with zero attached hydrogens (tertiary/aromatic N) is 2. The van der Waals surface area contributed by atoms with Crippen LogP contribution in [0.2, 0.25) is 0 Å². The van der Waals surface area contributed by atoms with Gasteiger partial charge in [-0.2, -0.15) is 5.10 Å². The zero-order chi connectivity index (χ0) is 22.2. The van der Waals surface area contributed by atoms with Gasteiger partial charge in [-0.1, -0.05) is 72.4 Å². The first-order chi connectivity index (χ1) is 15.7. The molecule has 2 N–H and O–H groups in total. The van der Waals surface area contributed by atoms with Gasteiger partial charge in [0.15, 0.2) is 5.16 Å². The molecule has 32 heavy (non-hydrogen) atoms. The molecular formula is C25H22N4O2S. The Balaban J connectivity index is 1.42. The minimum Gasteiger partial charge on any atom is -0.497 e. The van der Waals surface area contributed by atoms with Crippen molar-refractivity contribution in [3.8, 4) is 28.3 Å². The predicted molar refractivity (Wildman–Crippen MR) is 129 cm³/mol. The quantitative estimate of drug-likeness (QED) is 0.229. The van der Waals surface area contributed by atoms with Gasteiger partial charge in [-0.05, 0) is 29.8 Å². The third-order valence-corrected chi connectivity index (χ3v) is 5.52. The molecule has 160 valence electrons. The zero-order valence-corrected chi connectivity index (χ0v) is 18.3. The van der Waals surface area contributed by atoms with Crippen LogP contribution < -0.4 is 10.2 Å². The van der Waals surface area contributed by atoms with Gasteiger partial charge < -0.3 is 9.72 Å². The van der Waals surface area contributed by atoms with Gasteiger partial charge in [-0.25, -0.2) is 10.4 Å². The molecule has 0 aliphatic rings. The number of aromatic nitrogens is 2. The number of carbonyl (C=O) groups excluding carboxylic acids is 1. The molecule has 1 aromatic heterocycles. The van der Waals surface area contributed by atoms with Crippen molar-refractivity contribution in [3.05, 3.63) is 90.5 Å². The molecule has 4 aromatic rings. The fraction of sp³-hybridized carbons (Fsp3) is 0.0800. The minimum atomic E-state index is -0.210. The monoisotopic (exact) mass is 442 g/mol. The van der Waals surface area contributed by atoms with Gasteiger partial charge in [0.25, 0.3) is 5.91 Å². The number of rotatable bonds is 8. The lowest BCUT2D eigenvalue weighted by molar-refractivity contribution is -0.118. The number of carbonyl (C=O) groups is 1. The fourth-order valence-corrected chi connectivity index (χ4v) is 3.74. The number of imidazole rings is 1. The van der Waals surface area contributed by atoms with Crippen molar-refractivity contribution < 1.29 is 9.53 Å². The predicted octanol–water partition coefficient (Wildman–Crippen LogP) is 4.99. The van der Waals surface area contributed by atoms with Gasteiger partial charge in [-0.15, -0.1) is 0 Å². The van der Waals surface area contributed by atoms with Crippen LogP contribution in [0.3, 0.4) is 0 Å². The van der Waals surface area contributed by atoms with Crippen molar-refractivity contribution in [2.45, 2.75) is 5.16 Å². The SMILES string of the molecule is COc1ccc(/C=N/NC(=O)CSc2nc(-c3ccccc3)c(-c3ccccc3)[nH]2)cc1. The second kappa shape index (κ2) is 10.5. The molecule has 0 aliphatic carbocycles. The normalized spacial score (nSPS) is 10.9. The molecule has 0 fully saturated rings. The lowest BCUT2D eigenvalue weighted by Crippen LogP contribution is -2.19. The average molecular weight is 443 g/mol. The third-order valence-electron chi connectivity index (χ3n) is 4.65. The maximum atomic E-state index is 12.2. The van der Waals surface area contributed by atoms with Gasteiger partial charge in [-0.3, -0.25) is 4.79 Å². The molecule has 3 aromatic carbocycles. The van der Waals surface area contributed by atoms with Crippen LogP contribution in [0.25, 0.3) is 22.5 Å². The summed E-state index contributed by atoms with van der Waals surface area (Å²) in [5.74, 6) is 0.750. The van der Waals surface area contributed by atoms with E-state index in [2.05, 4.69) is 15.5 Å². The number of amides is 1. The molecule has 7 heteroatoms. The maximum absolute atomic E-state index is 12.2. The highest BCUT2D eigenvalue weighted by molar-refractivity contribution is 7.99. The topological polar surface area (TPSA) is 79.4 Å². The number of methoxy groups -OCH3 is 1. The largest absolute Gasteiger partial charge is 0.497 e. The highest BCUT2D eigenvalue weighted by atomic mass is 32.2. The third kappa shape index (κ3) is 5.44. The average Bonchev–Trinajstić information content (AvgIpc) is 3.29. The van der Waals surface area contributed by atoms with E-state index in [-0.39, 0.29) is 11.7 Å². The number of nitrogens with one attached hydrogen (secondary N) is 2. The Morgan fingerprint density at radius 2 is 1.66 bits per heavy atom. The van der Waals surface area contributed by atoms with Gasteiger partial charge in [0.2, 0.25) is 0 Å². The molecule has 0 bridgehead atoms. The molecule has 4 rings (SSSR count). The molecule has 0 atom stereocenters. The number of hydrogen-bond acceptors (Lipinski definition) is 5. The van der Waals surface area contributed by atoms with Gasteiger partial charge in [0.1, 0.15) is 5.75 Å². The molecular weight excluding hydrogens is 420 g/mol. The van der Waals surface area contributed by atoms with Crippen LogP contribution in [0.1, 0.15) is 5.56 Å². The zero-order valence-electron chi connectivity index (χ0n) is 17.5. The summed E-state index contributed by atoms with van der Waals surface area (Å²) >= 11 is 1.33. The van der Waals surface area contributed by atoms with E-state index in [4.69, 9.17) is 9.72 Å². The van der Waals surface area contributed by atoms with Gasteiger partial charge >= 0.3 is 0 Å².